The van der Waals surface area contributed by atoms with Crippen molar-refractivity contribution in [2.75, 3.05) is 13.2 Å². The quantitative estimate of drug-likeness (QED) is 0.557. The fourth-order valence-electron chi connectivity index (χ4n) is 1.06. The molecule has 1 aliphatic heterocycles. The van der Waals surface area contributed by atoms with E-state index >= 15 is 0 Å². The smallest absolute Gasteiger partial charge is 0.312 e. The number of carboxylic acid groups (broad SMARTS) is 1. The molecule has 0 aromatic rings. The van der Waals surface area contributed by atoms with Crippen LogP contribution in [0.15, 0.2) is 0 Å². The minimum Gasteiger partial charge on any atom is -0.481 e. The lowest BCUT2D eigenvalue weighted by molar-refractivity contribution is -0.140. The molecule has 1 fully saturated rings. The molecular weight excluding hydrogens is 162 g/mol. The van der Waals surface area contributed by atoms with Gasteiger partial charge < -0.3 is 15.2 Å². The minimum atomic E-state index is -1.11. The molecule has 0 bridgehead atoms. The third-order valence-corrected chi connectivity index (χ3v) is 1.61. The van der Waals surface area contributed by atoms with Crippen LogP contribution in [0.1, 0.15) is 12.8 Å². The molecule has 68 valence electrons. The van der Waals surface area contributed by atoms with E-state index in [-0.39, 0.29) is 6.04 Å². The lowest BCUT2D eigenvalue weighted by Crippen LogP contribution is -2.36. The number of carbonyl (C=O) groups is 2. The van der Waals surface area contributed by atoms with E-state index < -0.39 is 18.3 Å². The SMILES string of the molecule is O=C(O)CC(=O)NC1CCOC1. The molecular formula is C7H11NO4. The van der Waals surface area contributed by atoms with Gasteiger partial charge in [0.2, 0.25) is 5.91 Å². The van der Waals surface area contributed by atoms with Crippen molar-refractivity contribution in [3.8, 4) is 0 Å². The second-order valence-corrected chi connectivity index (χ2v) is 2.70. The van der Waals surface area contributed by atoms with Crippen LogP contribution in [-0.2, 0) is 14.3 Å². The summed E-state index contributed by atoms with van der Waals surface area (Å²) in [5.41, 5.74) is 0. The summed E-state index contributed by atoms with van der Waals surface area (Å²) >= 11 is 0. The molecule has 1 saturated heterocycles. The maximum atomic E-state index is 10.9. The molecule has 5 nitrogen and oxygen atoms in total. The first-order valence-electron chi connectivity index (χ1n) is 3.77. The summed E-state index contributed by atoms with van der Waals surface area (Å²) < 4.78 is 5.00. The van der Waals surface area contributed by atoms with E-state index in [0.29, 0.717) is 13.2 Å². The Labute approximate surface area is 69.7 Å². The second-order valence-electron chi connectivity index (χ2n) is 2.70. The normalized spacial score (nSPS) is 22.2. The van der Waals surface area contributed by atoms with Gasteiger partial charge in [-0.25, -0.2) is 0 Å². The number of rotatable bonds is 3. The van der Waals surface area contributed by atoms with Gasteiger partial charge in [0.25, 0.3) is 0 Å². The maximum absolute atomic E-state index is 10.9. The molecule has 2 N–H and O–H groups in total. The van der Waals surface area contributed by atoms with Crippen molar-refractivity contribution in [2.45, 2.75) is 18.9 Å². The lowest BCUT2D eigenvalue weighted by Gasteiger charge is -2.08. The molecule has 1 unspecified atom stereocenters. The third kappa shape index (κ3) is 2.87. The van der Waals surface area contributed by atoms with Gasteiger partial charge in [0.05, 0.1) is 12.6 Å². The second kappa shape index (κ2) is 4.06. The zero-order valence-electron chi connectivity index (χ0n) is 6.58. The number of carbonyl (C=O) groups excluding carboxylic acids is 1. The van der Waals surface area contributed by atoms with E-state index in [0.717, 1.165) is 6.42 Å². The third-order valence-electron chi connectivity index (χ3n) is 1.61. The van der Waals surface area contributed by atoms with E-state index in [1.807, 2.05) is 0 Å². The van der Waals surface area contributed by atoms with E-state index in [1.54, 1.807) is 0 Å². The molecule has 0 saturated carbocycles. The largest absolute Gasteiger partial charge is 0.481 e. The molecule has 1 atom stereocenters. The summed E-state index contributed by atoms with van der Waals surface area (Å²) in [6.07, 6.45) is 0.307. The fourth-order valence-corrected chi connectivity index (χ4v) is 1.06. The Hall–Kier alpha value is -1.10. The number of aliphatic carboxylic acids is 1. The Morgan fingerprint density at radius 1 is 1.58 bits per heavy atom. The van der Waals surface area contributed by atoms with Crippen molar-refractivity contribution in [3.63, 3.8) is 0 Å². The van der Waals surface area contributed by atoms with Crippen molar-refractivity contribution in [3.05, 3.63) is 0 Å². The zero-order chi connectivity index (χ0) is 8.97. The van der Waals surface area contributed by atoms with Crippen molar-refractivity contribution in [2.24, 2.45) is 0 Å². The summed E-state index contributed by atoms with van der Waals surface area (Å²) in [6, 6.07) is -0.00292. The van der Waals surface area contributed by atoms with Crippen molar-refractivity contribution in [1.82, 2.24) is 5.32 Å². The molecule has 0 spiro atoms. The van der Waals surface area contributed by atoms with Crippen molar-refractivity contribution < 1.29 is 19.4 Å². The minimum absolute atomic E-state index is 0.00292. The van der Waals surface area contributed by atoms with Gasteiger partial charge in [0.1, 0.15) is 6.42 Å². The summed E-state index contributed by atoms with van der Waals surface area (Å²) in [5.74, 6) is -1.55. The van der Waals surface area contributed by atoms with Gasteiger partial charge >= 0.3 is 5.97 Å². The zero-order valence-corrected chi connectivity index (χ0v) is 6.58. The van der Waals surface area contributed by atoms with E-state index in [1.165, 1.54) is 0 Å². The Morgan fingerprint density at radius 2 is 2.33 bits per heavy atom. The highest BCUT2D eigenvalue weighted by Gasteiger charge is 2.18. The Bertz CT molecular complexity index is 186. The van der Waals surface area contributed by atoms with Crippen LogP contribution in [0.5, 0.6) is 0 Å². The Morgan fingerprint density at radius 3 is 2.83 bits per heavy atom. The average Bonchev–Trinajstić information content (AvgIpc) is 2.37. The highest BCUT2D eigenvalue weighted by atomic mass is 16.5. The molecule has 1 heterocycles. The van der Waals surface area contributed by atoms with Gasteiger partial charge in [0.15, 0.2) is 0 Å². The molecule has 0 aromatic heterocycles. The van der Waals surface area contributed by atoms with Gasteiger partial charge in [-0.2, -0.15) is 0 Å². The van der Waals surface area contributed by atoms with Gasteiger partial charge in [-0.1, -0.05) is 0 Å². The van der Waals surface area contributed by atoms with E-state index in [2.05, 4.69) is 5.32 Å². The number of hydrogen-bond acceptors (Lipinski definition) is 3. The van der Waals surface area contributed by atoms with Crippen LogP contribution in [0.25, 0.3) is 0 Å². The van der Waals surface area contributed by atoms with Crippen molar-refractivity contribution in [1.29, 1.82) is 0 Å². The summed E-state index contributed by atoms with van der Waals surface area (Å²) in [5, 5.41) is 10.8. The van der Waals surface area contributed by atoms with Crippen LogP contribution in [0.3, 0.4) is 0 Å². The van der Waals surface area contributed by atoms with Gasteiger partial charge in [-0.3, -0.25) is 9.59 Å². The van der Waals surface area contributed by atoms with Gasteiger partial charge in [-0.05, 0) is 6.42 Å². The van der Waals surface area contributed by atoms with Crippen LogP contribution in [0.2, 0.25) is 0 Å². The summed E-state index contributed by atoms with van der Waals surface area (Å²) in [7, 11) is 0. The number of nitrogens with one attached hydrogen (secondary N) is 1. The first-order valence-corrected chi connectivity index (χ1v) is 3.77. The van der Waals surface area contributed by atoms with E-state index in [9.17, 15) is 9.59 Å². The number of carboxylic acids is 1. The predicted molar refractivity (Wildman–Crippen MR) is 39.6 cm³/mol. The molecule has 5 heteroatoms. The van der Waals surface area contributed by atoms with Gasteiger partial charge in [-0.15, -0.1) is 0 Å². The molecule has 1 aliphatic rings. The highest BCUT2D eigenvalue weighted by molar-refractivity contribution is 5.93. The average molecular weight is 173 g/mol. The lowest BCUT2D eigenvalue weighted by atomic mass is 10.2. The molecule has 12 heavy (non-hydrogen) atoms. The summed E-state index contributed by atoms with van der Waals surface area (Å²) in [6.45, 7) is 1.13. The fraction of sp³-hybridized carbons (Fsp3) is 0.714. The van der Waals surface area contributed by atoms with Crippen LogP contribution in [0, 0.1) is 0 Å². The Kier molecular flexibility index (Phi) is 3.04. The van der Waals surface area contributed by atoms with Gasteiger partial charge in [0, 0.05) is 6.61 Å². The maximum Gasteiger partial charge on any atom is 0.312 e. The molecule has 0 aromatic carbocycles. The van der Waals surface area contributed by atoms with Crippen LogP contribution < -0.4 is 5.32 Å². The number of ether oxygens (including phenoxy) is 1. The predicted octanol–water partition coefficient (Wildman–Crippen LogP) is -0.634. The topological polar surface area (TPSA) is 75.6 Å². The summed E-state index contributed by atoms with van der Waals surface area (Å²) in [4.78, 5) is 21.0. The van der Waals surface area contributed by atoms with Crippen molar-refractivity contribution >= 4 is 11.9 Å². The monoisotopic (exact) mass is 173 g/mol. The molecule has 1 amide bonds. The standard InChI is InChI=1S/C7H11NO4/c9-6(3-7(10)11)8-5-1-2-12-4-5/h5H,1-4H2,(H,8,9)(H,10,11). The highest BCUT2D eigenvalue weighted by Crippen LogP contribution is 2.02. The molecule has 0 radical (unpaired) electrons. The first-order chi connectivity index (χ1) is 5.68. The van der Waals surface area contributed by atoms with Crippen LogP contribution in [0.4, 0.5) is 0 Å². The molecule has 0 aliphatic carbocycles. The Balaban J connectivity index is 2.20. The molecule has 1 rings (SSSR count). The number of amides is 1. The van der Waals surface area contributed by atoms with E-state index in [4.69, 9.17) is 9.84 Å². The number of hydrogen-bond donors (Lipinski definition) is 2. The first kappa shape index (κ1) is 8.99. The van der Waals surface area contributed by atoms with Crippen LogP contribution in [-0.4, -0.2) is 36.2 Å². The van der Waals surface area contributed by atoms with Crippen LogP contribution >= 0.6 is 0 Å².